The first-order valence-corrected chi connectivity index (χ1v) is 12.0. The molecular formula is C20H28N4O4S2. The van der Waals surface area contributed by atoms with Crippen molar-refractivity contribution < 1.29 is 14.3 Å². The van der Waals surface area contributed by atoms with E-state index in [9.17, 15) is 14.4 Å². The Morgan fingerprint density at radius 1 is 1.33 bits per heavy atom. The fourth-order valence-corrected chi connectivity index (χ4v) is 5.70. The number of aromatic nitrogens is 2. The summed E-state index contributed by atoms with van der Waals surface area (Å²) in [7, 11) is 0. The SMILES string of the molecule is CCOC(=O)c1sc2nc(S[C@H](CC)C(=O)NC3CCCCC3)n(N)c(=O)c2c1C. The van der Waals surface area contributed by atoms with Gasteiger partial charge in [-0.25, -0.2) is 14.5 Å². The second kappa shape index (κ2) is 9.82. The van der Waals surface area contributed by atoms with Crippen LogP contribution in [0.2, 0.25) is 0 Å². The number of amides is 1. The molecule has 1 atom stereocenters. The summed E-state index contributed by atoms with van der Waals surface area (Å²) in [5.74, 6) is 5.49. The highest BCUT2D eigenvalue weighted by atomic mass is 32.2. The van der Waals surface area contributed by atoms with E-state index in [0.29, 0.717) is 27.1 Å². The topological polar surface area (TPSA) is 116 Å². The van der Waals surface area contributed by atoms with Gasteiger partial charge in [-0.05, 0) is 38.7 Å². The van der Waals surface area contributed by atoms with Crippen LogP contribution >= 0.6 is 23.1 Å². The maximum absolute atomic E-state index is 12.9. The number of ether oxygens (including phenoxy) is 1. The van der Waals surface area contributed by atoms with Gasteiger partial charge < -0.3 is 15.9 Å². The molecule has 0 unspecified atom stereocenters. The molecule has 2 heterocycles. The molecule has 2 aromatic heterocycles. The van der Waals surface area contributed by atoms with Crippen molar-refractivity contribution in [1.82, 2.24) is 15.0 Å². The Bertz CT molecular complexity index is 995. The number of fused-ring (bicyclic) bond motifs is 1. The highest BCUT2D eigenvalue weighted by molar-refractivity contribution is 8.00. The molecule has 0 radical (unpaired) electrons. The summed E-state index contributed by atoms with van der Waals surface area (Å²) in [6.07, 6.45) is 6.07. The van der Waals surface area contributed by atoms with Gasteiger partial charge in [0, 0.05) is 6.04 Å². The molecule has 164 valence electrons. The summed E-state index contributed by atoms with van der Waals surface area (Å²) in [6, 6.07) is 0.212. The Kier molecular flexibility index (Phi) is 7.41. The molecule has 1 saturated carbocycles. The number of hydrogen-bond donors (Lipinski definition) is 2. The largest absolute Gasteiger partial charge is 0.462 e. The first-order valence-electron chi connectivity index (χ1n) is 10.3. The molecule has 0 bridgehead atoms. The van der Waals surface area contributed by atoms with E-state index in [4.69, 9.17) is 10.6 Å². The second-order valence-electron chi connectivity index (χ2n) is 7.38. The Morgan fingerprint density at radius 3 is 2.67 bits per heavy atom. The number of thioether (sulfide) groups is 1. The molecule has 2 aromatic rings. The van der Waals surface area contributed by atoms with E-state index in [1.165, 1.54) is 18.2 Å². The van der Waals surface area contributed by atoms with E-state index < -0.39 is 16.8 Å². The molecule has 8 nitrogen and oxygen atoms in total. The Balaban J connectivity index is 1.87. The summed E-state index contributed by atoms with van der Waals surface area (Å²) in [5.41, 5.74) is 0.0816. The number of hydrogen-bond acceptors (Lipinski definition) is 8. The van der Waals surface area contributed by atoms with Crippen LogP contribution in [0.3, 0.4) is 0 Å². The molecule has 3 rings (SSSR count). The van der Waals surface area contributed by atoms with Crippen LogP contribution in [-0.2, 0) is 9.53 Å². The maximum atomic E-state index is 12.9. The van der Waals surface area contributed by atoms with Crippen molar-refractivity contribution in [2.45, 2.75) is 75.7 Å². The molecule has 0 spiro atoms. The number of thiophene rings is 1. The number of esters is 1. The Labute approximate surface area is 183 Å². The first-order chi connectivity index (χ1) is 14.4. The number of aryl methyl sites for hydroxylation is 1. The molecule has 1 amide bonds. The van der Waals surface area contributed by atoms with Crippen molar-refractivity contribution in [2.24, 2.45) is 0 Å². The van der Waals surface area contributed by atoms with Crippen LogP contribution < -0.4 is 16.7 Å². The summed E-state index contributed by atoms with van der Waals surface area (Å²) < 4.78 is 6.04. The molecule has 1 aliphatic rings. The van der Waals surface area contributed by atoms with Crippen LogP contribution in [-0.4, -0.2) is 39.4 Å². The monoisotopic (exact) mass is 452 g/mol. The predicted octanol–water partition coefficient (Wildman–Crippen LogP) is 2.98. The van der Waals surface area contributed by atoms with Crippen LogP contribution in [0.25, 0.3) is 10.2 Å². The fraction of sp³-hybridized carbons (Fsp3) is 0.600. The first kappa shape index (κ1) is 22.6. The summed E-state index contributed by atoms with van der Waals surface area (Å²) >= 11 is 2.29. The van der Waals surface area contributed by atoms with Gasteiger partial charge in [0.05, 0.1) is 17.2 Å². The van der Waals surface area contributed by atoms with Gasteiger partial charge in [0.1, 0.15) is 9.71 Å². The molecule has 0 aliphatic heterocycles. The lowest BCUT2D eigenvalue weighted by Crippen LogP contribution is -2.41. The maximum Gasteiger partial charge on any atom is 0.348 e. The molecular weight excluding hydrogens is 424 g/mol. The normalized spacial score (nSPS) is 15.8. The molecule has 1 fully saturated rings. The van der Waals surface area contributed by atoms with Crippen molar-refractivity contribution in [3.8, 4) is 0 Å². The van der Waals surface area contributed by atoms with Gasteiger partial charge in [-0.15, -0.1) is 11.3 Å². The second-order valence-corrected chi connectivity index (χ2v) is 9.55. The van der Waals surface area contributed by atoms with E-state index >= 15 is 0 Å². The van der Waals surface area contributed by atoms with E-state index in [2.05, 4.69) is 10.3 Å². The summed E-state index contributed by atoms with van der Waals surface area (Å²) in [6.45, 7) is 5.58. The number of nitrogen functional groups attached to an aromatic ring is 1. The van der Waals surface area contributed by atoms with Crippen LogP contribution in [0.1, 0.15) is 67.6 Å². The third-order valence-electron chi connectivity index (χ3n) is 5.29. The minimum atomic E-state index is -0.478. The number of nitrogens with one attached hydrogen (secondary N) is 1. The van der Waals surface area contributed by atoms with Crippen LogP contribution in [0.4, 0.5) is 0 Å². The Hall–Kier alpha value is -2.07. The molecule has 0 saturated heterocycles. The molecule has 3 N–H and O–H groups in total. The highest BCUT2D eigenvalue weighted by Crippen LogP contribution is 2.31. The molecule has 0 aromatic carbocycles. The lowest BCUT2D eigenvalue weighted by molar-refractivity contribution is -0.121. The minimum absolute atomic E-state index is 0.0571. The van der Waals surface area contributed by atoms with Gasteiger partial charge in [-0.2, -0.15) is 0 Å². The van der Waals surface area contributed by atoms with Gasteiger partial charge in [0.25, 0.3) is 5.56 Å². The quantitative estimate of drug-likeness (QED) is 0.287. The number of nitrogens with zero attached hydrogens (tertiary/aromatic N) is 2. The van der Waals surface area contributed by atoms with Crippen LogP contribution in [0.5, 0.6) is 0 Å². The Morgan fingerprint density at radius 2 is 2.03 bits per heavy atom. The highest BCUT2D eigenvalue weighted by Gasteiger charge is 2.26. The van der Waals surface area contributed by atoms with Crippen LogP contribution in [0, 0.1) is 6.92 Å². The van der Waals surface area contributed by atoms with Gasteiger partial charge in [-0.1, -0.05) is 37.9 Å². The third kappa shape index (κ3) is 4.64. The van der Waals surface area contributed by atoms with Gasteiger partial charge in [0.15, 0.2) is 5.16 Å². The van der Waals surface area contributed by atoms with Gasteiger partial charge >= 0.3 is 5.97 Å². The summed E-state index contributed by atoms with van der Waals surface area (Å²) in [5, 5.41) is 3.30. The van der Waals surface area contributed by atoms with E-state index in [1.807, 2.05) is 6.92 Å². The average Bonchev–Trinajstić information content (AvgIpc) is 3.06. The number of carbonyl (C=O) groups is 2. The zero-order valence-corrected chi connectivity index (χ0v) is 19.2. The smallest absolute Gasteiger partial charge is 0.348 e. The fourth-order valence-electron chi connectivity index (χ4n) is 3.64. The van der Waals surface area contributed by atoms with Gasteiger partial charge in [0.2, 0.25) is 5.91 Å². The van der Waals surface area contributed by atoms with Crippen molar-refractivity contribution in [2.75, 3.05) is 12.4 Å². The van der Waals surface area contributed by atoms with Gasteiger partial charge in [-0.3, -0.25) is 9.59 Å². The van der Waals surface area contributed by atoms with E-state index in [-0.39, 0.29) is 23.7 Å². The zero-order chi connectivity index (χ0) is 21.8. The van der Waals surface area contributed by atoms with E-state index in [1.54, 1.807) is 13.8 Å². The minimum Gasteiger partial charge on any atom is -0.462 e. The number of nitrogens with two attached hydrogens (primary N) is 1. The number of rotatable bonds is 7. The van der Waals surface area contributed by atoms with Crippen LogP contribution in [0.15, 0.2) is 9.95 Å². The van der Waals surface area contributed by atoms with Crippen molar-refractivity contribution in [3.05, 3.63) is 20.8 Å². The molecule has 30 heavy (non-hydrogen) atoms. The third-order valence-corrected chi connectivity index (χ3v) is 7.78. The molecule has 1 aliphatic carbocycles. The van der Waals surface area contributed by atoms with E-state index in [0.717, 1.165) is 41.7 Å². The van der Waals surface area contributed by atoms with Crippen molar-refractivity contribution in [3.63, 3.8) is 0 Å². The molecule has 10 heteroatoms. The predicted molar refractivity (Wildman–Crippen MR) is 120 cm³/mol. The van der Waals surface area contributed by atoms with Crippen molar-refractivity contribution >= 4 is 45.2 Å². The van der Waals surface area contributed by atoms with Crippen molar-refractivity contribution in [1.29, 1.82) is 0 Å². The number of carbonyl (C=O) groups excluding carboxylic acids is 2. The summed E-state index contributed by atoms with van der Waals surface area (Å²) in [4.78, 5) is 43.1. The lowest BCUT2D eigenvalue weighted by atomic mass is 9.95. The zero-order valence-electron chi connectivity index (χ0n) is 17.5. The standard InChI is InChI=1S/C20H28N4O4S2/c1-4-13(16(25)22-12-9-7-6-8-10-12)29-20-23-17-14(18(26)24(20)21)11(3)15(30-17)19(27)28-5-2/h12-13H,4-10,21H2,1-3H3,(H,22,25)/t13-/m1/s1. The average molecular weight is 453 g/mol. The lowest BCUT2D eigenvalue weighted by Gasteiger charge is -2.25.